The molecule has 0 aliphatic rings. The van der Waals surface area contributed by atoms with Crippen molar-refractivity contribution in [2.24, 2.45) is 0 Å². The van der Waals surface area contributed by atoms with Gasteiger partial charge in [0.05, 0.1) is 22.9 Å². The van der Waals surface area contributed by atoms with Crippen molar-refractivity contribution in [3.8, 4) is 0 Å². The topological polar surface area (TPSA) is 132 Å². The first-order valence-electron chi connectivity index (χ1n) is 8.56. The fraction of sp³-hybridized carbons (Fsp3) is 0.0526. The number of carbonyl (C=O) groups excluding carboxylic acids is 1. The van der Waals surface area contributed by atoms with Gasteiger partial charge in [0.2, 0.25) is 15.8 Å². The van der Waals surface area contributed by atoms with Crippen LogP contribution < -0.4 is 11.1 Å². The van der Waals surface area contributed by atoms with Gasteiger partial charge in [-0.3, -0.25) is 4.79 Å². The molecule has 4 rings (SSSR count). The maximum absolute atomic E-state index is 12.6. The summed E-state index contributed by atoms with van der Waals surface area (Å²) in [6, 6.07) is 9.70. The summed E-state index contributed by atoms with van der Waals surface area (Å²) in [6.07, 6.45) is 7.45. The average Bonchev–Trinajstić information content (AvgIpc) is 3.20. The molecule has 0 atom stereocenters. The number of anilines is 1. The Labute approximate surface area is 166 Å². The smallest absolute Gasteiger partial charge is 0.253 e. The summed E-state index contributed by atoms with van der Waals surface area (Å²) in [5.74, 6) is -0.237. The van der Waals surface area contributed by atoms with E-state index in [-0.39, 0.29) is 28.2 Å². The fourth-order valence-corrected chi connectivity index (χ4v) is 3.88. The van der Waals surface area contributed by atoms with Crippen LogP contribution in [0.2, 0.25) is 0 Å². The number of amides is 1. The Balaban J connectivity index is 1.45. The van der Waals surface area contributed by atoms with Crippen LogP contribution in [0.3, 0.4) is 0 Å². The Morgan fingerprint density at radius 1 is 1.00 bits per heavy atom. The van der Waals surface area contributed by atoms with Crippen molar-refractivity contribution in [2.45, 2.75) is 16.3 Å². The normalized spacial score (nSPS) is 11.4. The standard InChI is InChI=1S/C19H16N6O3S/c20-19-23-10-16(11-24-19)29(27,28)15-4-1-13(2-5-15)9-22-18(26)14-3-6-17-21-7-8-25(17)12-14/h1-8,10-12H,9H2,(H,22,26)(H2,20,23,24). The molecule has 29 heavy (non-hydrogen) atoms. The second-order valence-electron chi connectivity index (χ2n) is 6.22. The van der Waals surface area contributed by atoms with E-state index in [0.717, 1.165) is 11.2 Å². The van der Waals surface area contributed by atoms with Crippen LogP contribution in [-0.4, -0.2) is 33.7 Å². The summed E-state index contributed by atoms with van der Waals surface area (Å²) in [5, 5.41) is 2.81. The lowest BCUT2D eigenvalue weighted by atomic mass is 10.2. The maximum atomic E-state index is 12.6. The lowest BCUT2D eigenvalue weighted by molar-refractivity contribution is 0.0950. The van der Waals surface area contributed by atoms with Crippen LogP contribution in [0.15, 0.2) is 77.2 Å². The molecule has 0 saturated heterocycles. The number of rotatable bonds is 5. The summed E-state index contributed by atoms with van der Waals surface area (Å²) >= 11 is 0. The Morgan fingerprint density at radius 3 is 2.45 bits per heavy atom. The number of nitrogens with zero attached hydrogens (tertiary/aromatic N) is 4. The van der Waals surface area contributed by atoms with Crippen molar-refractivity contribution in [3.63, 3.8) is 0 Å². The average molecular weight is 408 g/mol. The molecule has 0 saturated carbocycles. The maximum Gasteiger partial charge on any atom is 0.253 e. The van der Waals surface area contributed by atoms with Crippen molar-refractivity contribution in [1.82, 2.24) is 24.7 Å². The molecule has 0 radical (unpaired) electrons. The van der Waals surface area contributed by atoms with Gasteiger partial charge >= 0.3 is 0 Å². The Hall–Kier alpha value is -3.79. The van der Waals surface area contributed by atoms with Crippen molar-refractivity contribution in [3.05, 3.63) is 78.5 Å². The van der Waals surface area contributed by atoms with Gasteiger partial charge in [0.15, 0.2) is 0 Å². The minimum absolute atomic E-state index is 0.00206. The molecule has 3 heterocycles. The number of hydrogen-bond donors (Lipinski definition) is 2. The molecule has 0 aliphatic carbocycles. The van der Waals surface area contributed by atoms with Gasteiger partial charge in [0.25, 0.3) is 5.91 Å². The van der Waals surface area contributed by atoms with Crippen LogP contribution in [0, 0.1) is 0 Å². The van der Waals surface area contributed by atoms with Crippen molar-refractivity contribution in [2.75, 3.05) is 5.73 Å². The zero-order valence-corrected chi connectivity index (χ0v) is 15.9. The number of sulfone groups is 1. The molecule has 146 valence electrons. The minimum atomic E-state index is -3.74. The molecule has 3 N–H and O–H groups in total. The summed E-state index contributed by atoms with van der Waals surface area (Å²) in [5.41, 5.74) is 7.41. The fourth-order valence-electron chi connectivity index (χ4n) is 2.73. The van der Waals surface area contributed by atoms with E-state index in [1.807, 2.05) is 0 Å². The molecule has 0 spiro atoms. The second kappa shape index (κ2) is 7.32. The van der Waals surface area contributed by atoms with Gasteiger partial charge in [-0.25, -0.2) is 23.4 Å². The van der Waals surface area contributed by atoms with E-state index in [9.17, 15) is 13.2 Å². The molecular weight excluding hydrogens is 392 g/mol. The number of pyridine rings is 1. The number of benzene rings is 1. The zero-order chi connectivity index (χ0) is 20.4. The zero-order valence-electron chi connectivity index (χ0n) is 15.1. The number of hydrogen-bond acceptors (Lipinski definition) is 7. The Morgan fingerprint density at radius 2 is 1.72 bits per heavy atom. The first kappa shape index (κ1) is 18.6. The molecule has 1 aromatic carbocycles. The highest BCUT2D eigenvalue weighted by Gasteiger charge is 2.18. The van der Waals surface area contributed by atoms with Crippen molar-refractivity contribution >= 4 is 27.3 Å². The molecule has 0 bridgehead atoms. The van der Waals surface area contributed by atoms with Crippen molar-refractivity contribution in [1.29, 1.82) is 0 Å². The third kappa shape index (κ3) is 3.78. The lowest BCUT2D eigenvalue weighted by Gasteiger charge is -2.08. The minimum Gasteiger partial charge on any atom is -0.368 e. The number of nitrogen functional groups attached to an aromatic ring is 1. The molecule has 0 aliphatic heterocycles. The predicted octanol–water partition coefficient (Wildman–Crippen LogP) is 1.47. The number of nitrogens with one attached hydrogen (secondary N) is 1. The third-order valence-electron chi connectivity index (χ3n) is 4.30. The SMILES string of the molecule is Nc1ncc(S(=O)(=O)c2ccc(CNC(=O)c3ccc4nccn4c3)cc2)cn1. The molecule has 9 nitrogen and oxygen atoms in total. The third-order valence-corrected chi connectivity index (χ3v) is 6.02. The highest BCUT2D eigenvalue weighted by atomic mass is 32.2. The van der Waals surface area contributed by atoms with Crippen LogP contribution in [0.1, 0.15) is 15.9 Å². The van der Waals surface area contributed by atoms with Gasteiger partial charge in [-0.15, -0.1) is 0 Å². The van der Waals surface area contributed by atoms with Crippen LogP contribution >= 0.6 is 0 Å². The quantitative estimate of drug-likeness (QED) is 0.511. The first-order chi connectivity index (χ1) is 13.9. The van der Waals surface area contributed by atoms with Crippen LogP contribution in [0.4, 0.5) is 5.95 Å². The van der Waals surface area contributed by atoms with Gasteiger partial charge in [-0.1, -0.05) is 12.1 Å². The van der Waals surface area contributed by atoms with Gasteiger partial charge < -0.3 is 15.5 Å². The largest absolute Gasteiger partial charge is 0.368 e. The van der Waals surface area contributed by atoms with E-state index < -0.39 is 9.84 Å². The highest BCUT2D eigenvalue weighted by molar-refractivity contribution is 7.91. The van der Waals surface area contributed by atoms with Gasteiger partial charge in [0.1, 0.15) is 10.5 Å². The van der Waals surface area contributed by atoms with Crippen LogP contribution in [0.25, 0.3) is 5.65 Å². The van der Waals surface area contributed by atoms with Crippen LogP contribution in [0.5, 0.6) is 0 Å². The molecular formula is C19H16N6O3S. The van der Waals surface area contributed by atoms with E-state index in [1.165, 1.54) is 24.5 Å². The molecule has 10 heteroatoms. The second-order valence-corrected chi connectivity index (χ2v) is 8.17. The number of aromatic nitrogens is 4. The number of nitrogens with two attached hydrogens (primary N) is 1. The molecule has 3 aromatic heterocycles. The van der Waals surface area contributed by atoms with E-state index >= 15 is 0 Å². The van der Waals surface area contributed by atoms with Gasteiger partial charge in [-0.2, -0.15) is 0 Å². The number of fused-ring (bicyclic) bond motifs is 1. The number of carbonyl (C=O) groups is 1. The first-order valence-corrected chi connectivity index (χ1v) is 10.0. The monoisotopic (exact) mass is 408 g/mol. The van der Waals surface area contributed by atoms with E-state index in [2.05, 4.69) is 20.3 Å². The number of imidazole rings is 1. The lowest BCUT2D eigenvalue weighted by Crippen LogP contribution is -2.23. The Kier molecular flexibility index (Phi) is 4.69. The highest BCUT2D eigenvalue weighted by Crippen LogP contribution is 2.20. The van der Waals surface area contributed by atoms with E-state index in [0.29, 0.717) is 5.56 Å². The molecule has 4 aromatic rings. The van der Waals surface area contributed by atoms with Crippen LogP contribution in [-0.2, 0) is 16.4 Å². The summed E-state index contributed by atoms with van der Waals surface area (Å²) in [6.45, 7) is 0.256. The van der Waals surface area contributed by atoms with Crippen molar-refractivity contribution < 1.29 is 13.2 Å². The molecule has 0 fully saturated rings. The van der Waals surface area contributed by atoms with E-state index in [1.54, 1.807) is 47.3 Å². The van der Waals surface area contributed by atoms with Gasteiger partial charge in [0, 0.05) is 25.1 Å². The van der Waals surface area contributed by atoms with Gasteiger partial charge in [-0.05, 0) is 29.8 Å². The molecule has 1 amide bonds. The molecule has 0 unspecified atom stereocenters. The summed E-state index contributed by atoms with van der Waals surface area (Å²) in [7, 11) is -3.74. The summed E-state index contributed by atoms with van der Waals surface area (Å²) in [4.78, 5) is 24.0. The summed E-state index contributed by atoms with van der Waals surface area (Å²) < 4.78 is 26.9. The van der Waals surface area contributed by atoms with E-state index in [4.69, 9.17) is 5.73 Å². The predicted molar refractivity (Wildman–Crippen MR) is 105 cm³/mol. The Bertz CT molecular complexity index is 1280.